The van der Waals surface area contributed by atoms with Gasteiger partial charge in [0.15, 0.2) is 0 Å². The summed E-state index contributed by atoms with van der Waals surface area (Å²) in [5, 5.41) is 3.66. The minimum Gasteiger partial charge on any atom is -0.343 e. The van der Waals surface area contributed by atoms with Gasteiger partial charge in [0.2, 0.25) is 5.91 Å². The van der Waals surface area contributed by atoms with Crippen LogP contribution in [-0.2, 0) is 11.2 Å². The maximum absolute atomic E-state index is 12.6. The number of rotatable bonds is 5. The Hall–Kier alpha value is -1.35. The van der Waals surface area contributed by atoms with E-state index in [0.29, 0.717) is 23.9 Å². The number of benzene rings is 1. The Kier molecular flexibility index (Phi) is 5.05. The maximum atomic E-state index is 12.6. The third kappa shape index (κ3) is 4.14. The second-order valence-corrected chi connectivity index (χ2v) is 7.72. The number of aryl methyl sites for hydroxylation is 1. The van der Waals surface area contributed by atoms with E-state index >= 15 is 0 Å². The van der Waals surface area contributed by atoms with Crippen molar-refractivity contribution >= 4 is 5.91 Å². The van der Waals surface area contributed by atoms with Gasteiger partial charge in [0.1, 0.15) is 0 Å². The van der Waals surface area contributed by atoms with E-state index in [1.54, 1.807) is 0 Å². The summed E-state index contributed by atoms with van der Waals surface area (Å²) in [5.74, 6) is 0.895. The molecule has 2 aliphatic rings. The smallest absolute Gasteiger partial charge is 0.222 e. The minimum absolute atomic E-state index is 0.253. The number of nitrogens with one attached hydrogen (secondary N) is 1. The lowest BCUT2D eigenvalue weighted by Crippen LogP contribution is -2.41. The monoisotopic (exact) mass is 314 g/mol. The standard InChI is InChI=1S/C20H30N2O/c1-14-4-6-16(7-5-14)10-15(2)22(3)20(23)13-17-11-18-8-9-19(12-17)21-18/h4-7,15,17-19,21H,8-13H2,1-3H3. The fraction of sp³-hybridized carbons (Fsp3) is 0.650. The van der Waals surface area contributed by atoms with Crippen molar-refractivity contribution in [3.63, 3.8) is 0 Å². The molecule has 2 heterocycles. The van der Waals surface area contributed by atoms with E-state index < -0.39 is 0 Å². The number of hydrogen-bond donors (Lipinski definition) is 1. The zero-order valence-corrected chi connectivity index (χ0v) is 14.7. The number of hydrogen-bond acceptors (Lipinski definition) is 2. The largest absolute Gasteiger partial charge is 0.343 e. The van der Waals surface area contributed by atoms with Gasteiger partial charge in [-0.15, -0.1) is 0 Å². The molecule has 1 N–H and O–H groups in total. The molecule has 3 nitrogen and oxygen atoms in total. The van der Waals surface area contributed by atoms with Crippen LogP contribution in [0.2, 0.25) is 0 Å². The van der Waals surface area contributed by atoms with E-state index in [4.69, 9.17) is 0 Å². The van der Waals surface area contributed by atoms with Crippen LogP contribution in [0.1, 0.15) is 50.2 Å². The number of likely N-dealkylation sites (N-methyl/N-ethyl adjacent to an activating group) is 1. The van der Waals surface area contributed by atoms with Gasteiger partial charge in [-0.05, 0) is 57.4 Å². The van der Waals surface area contributed by atoms with E-state index in [2.05, 4.69) is 43.4 Å². The Balaban J connectivity index is 1.51. The number of nitrogens with zero attached hydrogens (tertiary/aromatic N) is 1. The highest BCUT2D eigenvalue weighted by molar-refractivity contribution is 5.76. The van der Waals surface area contributed by atoms with Crippen molar-refractivity contribution in [1.29, 1.82) is 0 Å². The van der Waals surface area contributed by atoms with Gasteiger partial charge in [-0.25, -0.2) is 0 Å². The molecule has 1 amide bonds. The number of piperidine rings is 1. The third-order valence-electron chi connectivity index (χ3n) is 5.74. The molecule has 0 spiro atoms. The molecule has 2 bridgehead atoms. The lowest BCUT2D eigenvalue weighted by Gasteiger charge is -2.31. The van der Waals surface area contributed by atoms with Crippen LogP contribution in [-0.4, -0.2) is 36.0 Å². The first-order valence-electron chi connectivity index (χ1n) is 9.08. The molecule has 3 atom stereocenters. The summed E-state index contributed by atoms with van der Waals surface area (Å²) in [6.07, 6.45) is 6.62. The average molecular weight is 314 g/mol. The Labute approximate surface area is 140 Å². The second kappa shape index (κ2) is 7.04. The maximum Gasteiger partial charge on any atom is 0.222 e. The van der Waals surface area contributed by atoms with Crippen LogP contribution in [0, 0.1) is 12.8 Å². The normalized spacial score (nSPS) is 27.7. The molecular weight excluding hydrogens is 284 g/mol. The van der Waals surface area contributed by atoms with Crippen LogP contribution in [0.4, 0.5) is 0 Å². The van der Waals surface area contributed by atoms with Gasteiger partial charge in [-0.1, -0.05) is 29.8 Å². The zero-order valence-electron chi connectivity index (χ0n) is 14.7. The molecule has 3 rings (SSSR count). The molecular formula is C20H30N2O. The Bertz CT molecular complexity index is 527. The Morgan fingerprint density at radius 1 is 1.22 bits per heavy atom. The number of amides is 1. The first-order chi connectivity index (χ1) is 11.0. The minimum atomic E-state index is 0.253. The molecule has 1 aromatic rings. The zero-order chi connectivity index (χ0) is 16.4. The molecule has 0 aliphatic carbocycles. The van der Waals surface area contributed by atoms with Gasteiger partial charge in [0, 0.05) is 31.6 Å². The van der Waals surface area contributed by atoms with Crippen molar-refractivity contribution in [1.82, 2.24) is 10.2 Å². The number of carbonyl (C=O) groups excluding carboxylic acids is 1. The summed E-state index contributed by atoms with van der Waals surface area (Å²) in [6.45, 7) is 4.26. The fourth-order valence-corrected chi connectivity index (χ4v) is 4.18. The number of carbonyl (C=O) groups is 1. The molecule has 3 heteroatoms. The summed E-state index contributed by atoms with van der Waals surface area (Å²) in [4.78, 5) is 14.6. The van der Waals surface area contributed by atoms with E-state index in [0.717, 1.165) is 12.8 Å². The first-order valence-corrected chi connectivity index (χ1v) is 9.08. The summed E-state index contributed by atoms with van der Waals surface area (Å²) < 4.78 is 0. The fourth-order valence-electron chi connectivity index (χ4n) is 4.18. The molecule has 126 valence electrons. The van der Waals surface area contributed by atoms with E-state index in [1.807, 2.05) is 11.9 Å². The first kappa shape index (κ1) is 16.5. The van der Waals surface area contributed by atoms with Crippen LogP contribution in [0.3, 0.4) is 0 Å². The Morgan fingerprint density at radius 3 is 2.43 bits per heavy atom. The van der Waals surface area contributed by atoms with E-state index in [1.165, 1.54) is 36.8 Å². The second-order valence-electron chi connectivity index (χ2n) is 7.72. The quantitative estimate of drug-likeness (QED) is 0.904. The van der Waals surface area contributed by atoms with Crippen LogP contribution in [0.25, 0.3) is 0 Å². The molecule has 2 fully saturated rings. The van der Waals surface area contributed by atoms with Gasteiger partial charge in [-0.2, -0.15) is 0 Å². The average Bonchev–Trinajstić information content (AvgIpc) is 2.87. The van der Waals surface area contributed by atoms with E-state index in [-0.39, 0.29) is 6.04 Å². The molecule has 2 saturated heterocycles. The molecule has 2 aliphatic heterocycles. The van der Waals surface area contributed by atoms with Crippen molar-refractivity contribution < 1.29 is 4.79 Å². The lowest BCUT2D eigenvalue weighted by molar-refractivity contribution is -0.132. The summed E-state index contributed by atoms with van der Waals surface area (Å²) in [5.41, 5.74) is 2.59. The van der Waals surface area contributed by atoms with Gasteiger partial charge < -0.3 is 10.2 Å². The summed E-state index contributed by atoms with van der Waals surface area (Å²) >= 11 is 0. The van der Waals surface area contributed by atoms with Gasteiger partial charge in [0.05, 0.1) is 0 Å². The van der Waals surface area contributed by atoms with Crippen molar-refractivity contribution in [2.45, 2.75) is 70.5 Å². The topological polar surface area (TPSA) is 32.3 Å². The van der Waals surface area contributed by atoms with E-state index in [9.17, 15) is 4.79 Å². The van der Waals surface area contributed by atoms with Crippen LogP contribution < -0.4 is 5.32 Å². The molecule has 0 saturated carbocycles. The van der Waals surface area contributed by atoms with Gasteiger partial charge in [0.25, 0.3) is 0 Å². The highest BCUT2D eigenvalue weighted by Crippen LogP contribution is 2.33. The number of fused-ring (bicyclic) bond motifs is 2. The van der Waals surface area contributed by atoms with Crippen LogP contribution >= 0.6 is 0 Å². The summed E-state index contributed by atoms with van der Waals surface area (Å²) in [6, 6.07) is 10.2. The lowest BCUT2D eigenvalue weighted by atomic mass is 9.89. The Morgan fingerprint density at radius 2 is 1.83 bits per heavy atom. The van der Waals surface area contributed by atoms with Crippen molar-refractivity contribution in [2.75, 3.05) is 7.05 Å². The van der Waals surface area contributed by atoms with Crippen molar-refractivity contribution in [2.24, 2.45) is 5.92 Å². The van der Waals surface area contributed by atoms with Gasteiger partial charge >= 0.3 is 0 Å². The van der Waals surface area contributed by atoms with Crippen LogP contribution in [0.15, 0.2) is 24.3 Å². The van der Waals surface area contributed by atoms with Crippen LogP contribution in [0.5, 0.6) is 0 Å². The van der Waals surface area contributed by atoms with Crippen molar-refractivity contribution in [3.05, 3.63) is 35.4 Å². The molecule has 0 radical (unpaired) electrons. The third-order valence-corrected chi connectivity index (χ3v) is 5.74. The SMILES string of the molecule is Cc1ccc(CC(C)N(C)C(=O)CC2CC3CCC(C2)N3)cc1. The molecule has 0 aromatic heterocycles. The van der Waals surface area contributed by atoms with Gasteiger partial charge in [-0.3, -0.25) is 4.79 Å². The predicted molar refractivity (Wildman–Crippen MR) is 94.4 cm³/mol. The highest BCUT2D eigenvalue weighted by atomic mass is 16.2. The van der Waals surface area contributed by atoms with Crippen molar-refractivity contribution in [3.8, 4) is 0 Å². The highest BCUT2D eigenvalue weighted by Gasteiger charge is 2.34. The molecule has 1 aromatic carbocycles. The summed E-state index contributed by atoms with van der Waals surface area (Å²) in [7, 11) is 1.97. The molecule has 3 unspecified atom stereocenters. The predicted octanol–water partition coefficient (Wildman–Crippen LogP) is 3.31. The molecule has 23 heavy (non-hydrogen) atoms.